The van der Waals surface area contributed by atoms with Crippen LogP contribution in [0.1, 0.15) is 15.9 Å². The van der Waals surface area contributed by atoms with Crippen LogP contribution in [0.2, 0.25) is 0 Å². The predicted molar refractivity (Wildman–Crippen MR) is 81.4 cm³/mol. The first-order chi connectivity index (χ1) is 10.1. The zero-order chi connectivity index (χ0) is 15.2. The van der Waals surface area contributed by atoms with Crippen LogP contribution in [-0.2, 0) is 4.74 Å². The quantitative estimate of drug-likeness (QED) is 0.870. The first-order valence-corrected chi connectivity index (χ1v) is 7.37. The van der Waals surface area contributed by atoms with Crippen LogP contribution < -0.4 is 0 Å². The molecule has 1 aromatic rings. The number of carbonyl (C=O) groups is 1. The van der Waals surface area contributed by atoms with E-state index in [1.165, 1.54) is 0 Å². The van der Waals surface area contributed by atoms with Gasteiger partial charge >= 0.3 is 0 Å². The fraction of sp³-hybridized carbons (Fsp3) is 0.562. The number of nitrogens with zero attached hydrogens (tertiary/aromatic N) is 2. The molecular formula is C16H24N2O3. The molecule has 5 heteroatoms. The number of amides is 1. The number of ether oxygens (including phenoxy) is 1. The van der Waals surface area contributed by atoms with Crippen molar-refractivity contribution in [3.05, 3.63) is 35.4 Å². The van der Waals surface area contributed by atoms with Crippen molar-refractivity contribution in [2.24, 2.45) is 0 Å². The number of hydrogen-bond donors (Lipinski definition) is 1. The van der Waals surface area contributed by atoms with Crippen molar-refractivity contribution in [3.63, 3.8) is 0 Å². The number of aliphatic hydroxyl groups is 1. The molecule has 116 valence electrons. The predicted octanol–water partition coefficient (Wildman–Crippen LogP) is 0.760. The Morgan fingerprint density at radius 1 is 1.38 bits per heavy atom. The third-order valence-corrected chi connectivity index (χ3v) is 3.78. The number of aliphatic hydroxyl groups excluding tert-OH is 1. The normalized spacial score (nSPS) is 17.5. The molecule has 2 rings (SSSR count). The SMILES string of the molecule is Cc1ccccc1C(=O)N(C)CC(O)CN1CCOCC1. The molecule has 1 N–H and O–H groups in total. The standard InChI is InChI=1S/C16H24N2O3/c1-13-5-3-4-6-15(13)16(20)17(2)11-14(19)12-18-7-9-21-10-8-18/h3-6,14,19H,7-12H2,1-2H3. The van der Waals surface area contributed by atoms with Gasteiger partial charge in [-0.1, -0.05) is 18.2 Å². The van der Waals surface area contributed by atoms with Crippen LogP contribution in [0.5, 0.6) is 0 Å². The molecule has 1 aliphatic heterocycles. The average Bonchev–Trinajstić information content (AvgIpc) is 2.48. The minimum absolute atomic E-state index is 0.0471. The van der Waals surface area contributed by atoms with E-state index in [2.05, 4.69) is 4.90 Å². The van der Waals surface area contributed by atoms with Gasteiger partial charge in [0.05, 0.1) is 19.3 Å². The van der Waals surface area contributed by atoms with Crippen molar-refractivity contribution in [1.82, 2.24) is 9.80 Å². The van der Waals surface area contributed by atoms with Gasteiger partial charge in [0.25, 0.3) is 5.91 Å². The summed E-state index contributed by atoms with van der Waals surface area (Å²) < 4.78 is 5.28. The summed E-state index contributed by atoms with van der Waals surface area (Å²) in [5.74, 6) is -0.0471. The number of carbonyl (C=O) groups excluding carboxylic acids is 1. The number of aryl methyl sites for hydroxylation is 1. The van der Waals surface area contributed by atoms with Crippen LogP contribution in [0.25, 0.3) is 0 Å². The second-order valence-corrected chi connectivity index (χ2v) is 5.57. The van der Waals surface area contributed by atoms with Crippen molar-refractivity contribution >= 4 is 5.91 Å². The highest BCUT2D eigenvalue weighted by molar-refractivity contribution is 5.95. The molecule has 21 heavy (non-hydrogen) atoms. The summed E-state index contributed by atoms with van der Waals surface area (Å²) in [6.45, 7) is 5.94. The number of hydrogen-bond acceptors (Lipinski definition) is 4. The van der Waals surface area contributed by atoms with E-state index < -0.39 is 6.10 Å². The molecule has 5 nitrogen and oxygen atoms in total. The molecule has 1 aromatic carbocycles. The molecule has 1 fully saturated rings. The van der Waals surface area contributed by atoms with Crippen molar-refractivity contribution in [2.45, 2.75) is 13.0 Å². The molecule has 1 amide bonds. The van der Waals surface area contributed by atoms with Crippen LogP contribution in [0.15, 0.2) is 24.3 Å². The van der Waals surface area contributed by atoms with Crippen LogP contribution >= 0.6 is 0 Å². The van der Waals surface area contributed by atoms with Crippen LogP contribution in [0, 0.1) is 6.92 Å². The molecule has 0 bridgehead atoms. The van der Waals surface area contributed by atoms with E-state index in [0.29, 0.717) is 31.9 Å². The summed E-state index contributed by atoms with van der Waals surface area (Å²) in [5, 5.41) is 10.2. The first kappa shape index (κ1) is 15.9. The summed E-state index contributed by atoms with van der Waals surface area (Å²) in [4.78, 5) is 16.1. The molecule has 1 aliphatic rings. The number of likely N-dealkylation sites (N-methyl/N-ethyl adjacent to an activating group) is 1. The Kier molecular flexibility index (Phi) is 5.73. The minimum Gasteiger partial charge on any atom is -0.390 e. The maximum atomic E-state index is 12.4. The van der Waals surface area contributed by atoms with Crippen molar-refractivity contribution < 1.29 is 14.6 Å². The van der Waals surface area contributed by atoms with E-state index in [1.807, 2.05) is 31.2 Å². The van der Waals surface area contributed by atoms with Gasteiger partial charge < -0.3 is 14.7 Å². The van der Waals surface area contributed by atoms with Gasteiger partial charge in [-0.2, -0.15) is 0 Å². The van der Waals surface area contributed by atoms with E-state index in [0.717, 1.165) is 18.7 Å². The first-order valence-electron chi connectivity index (χ1n) is 7.37. The fourth-order valence-corrected chi connectivity index (χ4v) is 2.56. The van der Waals surface area contributed by atoms with E-state index in [-0.39, 0.29) is 5.91 Å². The Bertz CT molecular complexity index is 472. The van der Waals surface area contributed by atoms with Gasteiger partial charge in [0.1, 0.15) is 0 Å². The Balaban J connectivity index is 1.86. The monoisotopic (exact) mass is 292 g/mol. The molecule has 1 heterocycles. The van der Waals surface area contributed by atoms with Crippen molar-refractivity contribution in [3.8, 4) is 0 Å². The summed E-state index contributed by atoms with van der Waals surface area (Å²) in [5.41, 5.74) is 1.65. The lowest BCUT2D eigenvalue weighted by Crippen LogP contribution is -2.45. The van der Waals surface area contributed by atoms with E-state index in [4.69, 9.17) is 4.74 Å². The van der Waals surface area contributed by atoms with E-state index in [9.17, 15) is 9.90 Å². The maximum Gasteiger partial charge on any atom is 0.253 e. The highest BCUT2D eigenvalue weighted by Gasteiger charge is 2.19. The highest BCUT2D eigenvalue weighted by Crippen LogP contribution is 2.10. The second-order valence-electron chi connectivity index (χ2n) is 5.57. The lowest BCUT2D eigenvalue weighted by atomic mass is 10.1. The van der Waals surface area contributed by atoms with Gasteiger partial charge in [-0.05, 0) is 18.6 Å². The van der Waals surface area contributed by atoms with Gasteiger partial charge in [-0.25, -0.2) is 0 Å². The fourth-order valence-electron chi connectivity index (χ4n) is 2.56. The number of β-amino-alcohol motifs (C(OH)–C–C–N with tert-alkyl or cyclic N) is 1. The highest BCUT2D eigenvalue weighted by atomic mass is 16.5. The third kappa shape index (κ3) is 4.52. The smallest absolute Gasteiger partial charge is 0.253 e. The average molecular weight is 292 g/mol. The van der Waals surface area contributed by atoms with Crippen LogP contribution in [-0.4, -0.2) is 73.4 Å². The van der Waals surface area contributed by atoms with Gasteiger partial charge in [0.2, 0.25) is 0 Å². The Morgan fingerprint density at radius 2 is 2.05 bits per heavy atom. The minimum atomic E-state index is -0.541. The number of morpholine rings is 1. The summed E-state index contributed by atoms with van der Waals surface area (Å²) in [6, 6.07) is 7.52. The van der Waals surface area contributed by atoms with E-state index >= 15 is 0 Å². The molecule has 0 radical (unpaired) electrons. The van der Waals surface area contributed by atoms with Crippen LogP contribution in [0.4, 0.5) is 0 Å². The number of benzene rings is 1. The van der Waals surface area contributed by atoms with Crippen molar-refractivity contribution in [1.29, 1.82) is 0 Å². The lowest BCUT2D eigenvalue weighted by molar-refractivity contribution is 0.00878. The topological polar surface area (TPSA) is 53.0 Å². The maximum absolute atomic E-state index is 12.4. The summed E-state index contributed by atoms with van der Waals surface area (Å²) >= 11 is 0. The van der Waals surface area contributed by atoms with Crippen molar-refractivity contribution in [2.75, 3.05) is 46.4 Å². The molecule has 0 saturated carbocycles. The van der Waals surface area contributed by atoms with Gasteiger partial charge in [-0.3, -0.25) is 9.69 Å². The van der Waals surface area contributed by atoms with Crippen LogP contribution in [0.3, 0.4) is 0 Å². The molecule has 0 spiro atoms. The third-order valence-electron chi connectivity index (χ3n) is 3.78. The molecule has 1 saturated heterocycles. The summed E-state index contributed by atoms with van der Waals surface area (Å²) in [7, 11) is 1.73. The largest absolute Gasteiger partial charge is 0.390 e. The Hall–Kier alpha value is -1.43. The second kappa shape index (κ2) is 7.54. The zero-order valence-electron chi connectivity index (χ0n) is 12.8. The zero-order valence-corrected chi connectivity index (χ0v) is 12.8. The molecule has 1 atom stereocenters. The summed E-state index contributed by atoms with van der Waals surface area (Å²) in [6.07, 6.45) is -0.541. The molecule has 1 unspecified atom stereocenters. The van der Waals surface area contributed by atoms with E-state index in [1.54, 1.807) is 11.9 Å². The molecule has 0 aliphatic carbocycles. The molecule has 0 aromatic heterocycles. The van der Waals surface area contributed by atoms with Gasteiger partial charge in [0, 0.05) is 38.8 Å². The lowest BCUT2D eigenvalue weighted by Gasteiger charge is -2.30. The van der Waals surface area contributed by atoms with Gasteiger partial charge in [-0.15, -0.1) is 0 Å². The van der Waals surface area contributed by atoms with Gasteiger partial charge in [0.15, 0.2) is 0 Å². The Morgan fingerprint density at radius 3 is 2.71 bits per heavy atom. The Labute approximate surface area is 126 Å². The number of rotatable bonds is 5. The molecular weight excluding hydrogens is 268 g/mol.